The number of ketones is 1. The molecule has 1 aromatic carbocycles. The summed E-state index contributed by atoms with van der Waals surface area (Å²) in [6, 6.07) is 5.05. The Labute approximate surface area is 93.6 Å². The number of aryl methyl sites for hydroxylation is 1. The Morgan fingerprint density at radius 2 is 2.27 bits per heavy atom. The summed E-state index contributed by atoms with van der Waals surface area (Å²) < 4.78 is 6.31. The van der Waals surface area contributed by atoms with Crippen molar-refractivity contribution >= 4 is 32.8 Å². The molecule has 0 N–H and O–H groups in total. The minimum Gasteiger partial charge on any atom is -0.408 e. The van der Waals surface area contributed by atoms with Crippen molar-refractivity contribution in [2.75, 3.05) is 5.33 Å². The largest absolute Gasteiger partial charge is 0.419 e. The number of halogens is 1. The van der Waals surface area contributed by atoms with Crippen LogP contribution < -0.4 is 5.76 Å². The molecule has 2 aromatic rings. The fraction of sp³-hybridized carbons (Fsp3) is 0.200. The smallest absolute Gasteiger partial charge is 0.408 e. The van der Waals surface area contributed by atoms with Gasteiger partial charge in [-0.25, -0.2) is 4.79 Å². The zero-order chi connectivity index (χ0) is 11.0. The SMILES string of the molecule is Cn1c(=O)oc2cccc(C(=O)CBr)c21. The maximum atomic E-state index is 11.6. The molecule has 0 saturated heterocycles. The summed E-state index contributed by atoms with van der Waals surface area (Å²) in [4.78, 5) is 22.9. The lowest BCUT2D eigenvalue weighted by molar-refractivity contribution is 0.102. The Hall–Kier alpha value is -1.36. The van der Waals surface area contributed by atoms with E-state index in [4.69, 9.17) is 4.42 Å². The van der Waals surface area contributed by atoms with Gasteiger partial charge in [0.25, 0.3) is 0 Å². The van der Waals surface area contributed by atoms with E-state index < -0.39 is 5.76 Å². The number of benzene rings is 1. The van der Waals surface area contributed by atoms with Crippen molar-refractivity contribution in [2.45, 2.75) is 0 Å². The summed E-state index contributed by atoms with van der Waals surface area (Å²) >= 11 is 3.10. The van der Waals surface area contributed by atoms with Crippen molar-refractivity contribution in [2.24, 2.45) is 7.05 Å². The van der Waals surface area contributed by atoms with Crippen LogP contribution in [0.2, 0.25) is 0 Å². The summed E-state index contributed by atoms with van der Waals surface area (Å²) in [6.07, 6.45) is 0. The molecule has 1 aromatic heterocycles. The Morgan fingerprint density at radius 3 is 2.93 bits per heavy atom. The van der Waals surface area contributed by atoms with Crippen LogP contribution in [0.25, 0.3) is 11.1 Å². The molecule has 0 bridgehead atoms. The number of oxazole rings is 1. The van der Waals surface area contributed by atoms with Crippen LogP contribution in [0.1, 0.15) is 10.4 Å². The number of fused-ring (bicyclic) bond motifs is 1. The lowest BCUT2D eigenvalue weighted by atomic mass is 10.1. The zero-order valence-electron chi connectivity index (χ0n) is 7.99. The van der Waals surface area contributed by atoms with Crippen LogP contribution in [0.5, 0.6) is 0 Å². The van der Waals surface area contributed by atoms with Gasteiger partial charge in [0.2, 0.25) is 0 Å². The van der Waals surface area contributed by atoms with E-state index in [-0.39, 0.29) is 11.1 Å². The number of Topliss-reactive ketones (excluding diaryl/α,β-unsaturated/α-hetero) is 1. The number of aromatic nitrogens is 1. The lowest BCUT2D eigenvalue weighted by Gasteiger charge is -1.99. The van der Waals surface area contributed by atoms with Crippen LogP contribution in [-0.2, 0) is 7.05 Å². The van der Waals surface area contributed by atoms with Crippen molar-refractivity contribution in [1.29, 1.82) is 0 Å². The molecule has 0 atom stereocenters. The maximum absolute atomic E-state index is 11.6. The summed E-state index contributed by atoms with van der Waals surface area (Å²) in [6.45, 7) is 0. The highest BCUT2D eigenvalue weighted by Gasteiger charge is 2.14. The second-order valence-corrected chi connectivity index (χ2v) is 3.70. The monoisotopic (exact) mass is 269 g/mol. The molecule has 0 saturated carbocycles. The molecule has 0 aliphatic carbocycles. The van der Waals surface area contributed by atoms with E-state index in [0.717, 1.165) is 0 Å². The van der Waals surface area contributed by atoms with Crippen LogP contribution in [0.15, 0.2) is 27.4 Å². The van der Waals surface area contributed by atoms with Crippen LogP contribution in [-0.4, -0.2) is 15.7 Å². The molecule has 0 unspecified atom stereocenters. The van der Waals surface area contributed by atoms with Crippen LogP contribution in [0.4, 0.5) is 0 Å². The van der Waals surface area contributed by atoms with Gasteiger partial charge in [-0.05, 0) is 12.1 Å². The number of alkyl halides is 1. The number of rotatable bonds is 2. The van der Waals surface area contributed by atoms with Crippen LogP contribution in [0.3, 0.4) is 0 Å². The van der Waals surface area contributed by atoms with Gasteiger partial charge >= 0.3 is 5.76 Å². The first-order valence-electron chi connectivity index (χ1n) is 4.33. The summed E-state index contributed by atoms with van der Waals surface area (Å²) in [5.74, 6) is -0.531. The van der Waals surface area contributed by atoms with Gasteiger partial charge in [-0.15, -0.1) is 0 Å². The highest BCUT2D eigenvalue weighted by atomic mass is 79.9. The fourth-order valence-electron chi connectivity index (χ4n) is 1.50. The molecular weight excluding hydrogens is 262 g/mol. The average Bonchev–Trinajstić information content (AvgIpc) is 2.54. The first-order chi connectivity index (χ1) is 7.15. The molecule has 1 heterocycles. The van der Waals surface area contributed by atoms with Crippen LogP contribution >= 0.6 is 15.9 Å². The van der Waals surface area contributed by atoms with E-state index in [1.54, 1.807) is 25.2 Å². The number of carbonyl (C=O) groups is 1. The Kier molecular flexibility index (Phi) is 2.48. The molecule has 0 aliphatic rings. The number of hydrogen-bond acceptors (Lipinski definition) is 3. The molecule has 0 amide bonds. The van der Waals surface area contributed by atoms with Gasteiger partial charge < -0.3 is 4.42 Å². The molecule has 4 nitrogen and oxygen atoms in total. The van der Waals surface area contributed by atoms with Gasteiger partial charge in [0, 0.05) is 12.6 Å². The van der Waals surface area contributed by atoms with E-state index in [9.17, 15) is 9.59 Å². The predicted molar refractivity (Wildman–Crippen MR) is 59.6 cm³/mol. The van der Waals surface area contributed by atoms with Crippen LogP contribution in [0, 0.1) is 0 Å². The third-order valence-electron chi connectivity index (χ3n) is 2.23. The van der Waals surface area contributed by atoms with E-state index in [0.29, 0.717) is 16.7 Å². The van der Waals surface area contributed by atoms with Gasteiger partial charge in [-0.1, -0.05) is 22.0 Å². The minimum atomic E-state index is -0.458. The highest BCUT2D eigenvalue weighted by Crippen LogP contribution is 2.18. The summed E-state index contributed by atoms with van der Waals surface area (Å²) in [7, 11) is 1.58. The van der Waals surface area contributed by atoms with Gasteiger partial charge in [0.15, 0.2) is 11.4 Å². The Balaban J connectivity index is 2.86. The molecule has 2 rings (SSSR count). The standard InChI is InChI=1S/C10H8BrNO3/c1-12-9-6(7(13)5-11)3-2-4-8(9)15-10(12)14/h2-4H,5H2,1H3. The highest BCUT2D eigenvalue weighted by molar-refractivity contribution is 9.09. The predicted octanol–water partition coefficient (Wildman–Crippen LogP) is 1.71. The average molecular weight is 270 g/mol. The van der Waals surface area contributed by atoms with E-state index >= 15 is 0 Å². The molecule has 15 heavy (non-hydrogen) atoms. The maximum Gasteiger partial charge on any atom is 0.419 e. The van der Waals surface area contributed by atoms with Gasteiger partial charge in [0.05, 0.1) is 5.33 Å². The van der Waals surface area contributed by atoms with Crippen molar-refractivity contribution < 1.29 is 9.21 Å². The molecule has 78 valence electrons. The number of hydrogen-bond donors (Lipinski definition) is 0. The third kappa shape index (κ3) is 1.52. The molecule has 0 fully saturated rings. The minimum absolute atomic E-state index is 0.0722. The van der Waals surface area contributed by atoms with E-state index in [1.807, 2.05) is 0 Å². The second-order valence-electron chi connectivity index (χ2n) is 3.14. The number of nitrogens with zero attached hydrogens (tertiary/aromatic N) is 1. The quantitative estimate of drug-likeness (QED) is 0.616. The third-order valence-corrected chi connectivity index (χ3v) is 2.74. The molecular formula is C10H8BrNO3. The Bertz CT molecular complexity index is 582. The fourth-order valence-corrected chi connectivity index (χ4v) is 1.80. The number of para-hydroxylation sites is 1. The molecule has 5 heteroatoms. The van der Waals surface area contributed by atoms with E-state index in [2.05, 4.69) is 15.9 Å². The first kappa shape index (κ1) is 10.2. The second kappa shape index (κ2) is 3.66. The van der Waals surface area contributed by atoms with Crippen molar-refractivity contribution in [3.05, 3.63) is 34.3 Å². The van der Waals surface area contributed by atoms with Crippen molar-refractivity contribution in [3.63, 3.8) is 0 Å². The van der Waals surface area contributed by atoms with Crippen molar-refractivity contribution in [3.8, 4) is 0 Å². The first-order valence-corrected chi connectivity index (χ1v) is 5.45. The molecule has 0 radical (unpaired) electrons. The zero-order valence-corrected chi connectivity index (χ0v) is 9.58. The van der Waals surface area contributed by atoms with Gasteiger partial charge in [0.1, 0.15) is 5.52 Å². The lowest BCUT2D eigenvalue weighted by Crippen LogP contribution is -2.11. The topological polar surface area (TPSA) is 52.2 Å². The molecule has 0 aliphatic heterocycles. The van der Waals surface area contributed by atoms with Gasteiger partial charge in [-0.3, -0.25) is 9.36 Å². The number of carbonyl (C=O) groups excluding carboxylic acids is 1. The normalized spacial score (nSPS) is 10.8. The summed E-state index contributed by atoms with van der Waals surface area (Å²) in [5, 5.41) is 0.228. The Morgan fingerprint density at radius 1 is 1.53 bits per heavy atom. The van der Waals surface area contributed by atoms with Crippen molar-refractivity contribution in [1.82, 2.24) is 4.57 Å². The van der Waals surface area contributed by atoms with Gasteiger partial charge in [-0.2, -0.15) is 0 Å². The summed E-state index contributed by atoms with van der Waals surface area (Å²) in [5.41, 5.74) is 1.49. The molecule has 0 spiro atoms. The van der Waals surface area contributed by atoms with E-state index in [1.165, 1.54) is 4.57 Å².